The average Bonchev–Trinajstić information content (AvgIpc) is 2.33. The first-order chi connectivity index (χ1) is 8.15. The first kappa shape index (κ1) is 12.3. The van der Waals surface area contributed by atoms with E-state index in [4.69, 9.17) is 11.6 Å². The molecule has 0 aliphatic heterocycles. The van der Waals surface area contributed by atoms with Gasteiger partial charge in [-0.15, -0.1) is 0 Å². The number of nitrogens with zero attached hydrogens (tertiary/aromatic N) is 1. The predicted octanol–water partition coefficient (Wildman–Crippen LogP) is 4.99. The maximum atomic E-state index is 12.7. The lowest BCUT2D eigenvalue weighted by Crippen LogP contribution is -1.81. The lowest BCUT2D eigenvalue weighted by molar-refractivity contribution is 0.628. The van der Waals surface area contributed by atoms with E-state index in [1.54, 1.807) is 24.4 Å². The van der Waals surface area contributed by atoms with Crippen molar-refractivity contribution < 1.29 is 4.39 Å². The van der Waals surface area contributed by atoms with Gasteiger partial charge in [0.1, 0.15) is 5.82 Å². The van der Waals surface area contributed by atoms with Crippen LogP contribution in [0.2, 0.25) is 5.02 Å². The van der Waals surface area contributed by atoms with Crippen molar-refractivity contribution in [2.45, 2.75) is 0 Å². The highest BCUT2D eigenvalue weighted by Crippen LogP contribution is 2.26. The number of benzene rings is 2. The molecule has 2 rings (SSSR count). The van der Waals surface area contributed by atoms with Crippen LogP contribution in [0.3, 0.4) is 0 Å². The van der Waals surface area contributed by atoms with Crippen molar-refractivity contribution in [3.63, 3.8) is 0 Å². The van der Waals surface area contributed by atoms with E-state index in [0.29, 0.717) is 5.02 Å². The number of rotatable bonds is 2. The van der Waals surface area contributed by atoms with Gasteiger partial charge in [-0.05, 0) is 51.8 Å². The molecule has 0 bridgehead atoms. The molecule has 0 fully saturated rings. The Kier molecular flexibility index (Phi) is 3.92. The van der Waals surface area contributed by atoms with Gasteiger partial charge < -0.3 is 0 Å². The van der Waals surface area contributed by atoms with Gasteiger partial charge in [-0.25, -0.2) is 4.39 Å². The summed E-state index contributed by atoms with van der Waals surface area (Å²) < 4.78 is 13.5. The van der Waals surface area contributed by atoms with Gasteiger partial charge >= 0.3 is 0 Å². The summed E-state index contributed by atoms with van der Waals surface area (Å²) in [4.78, 5) is 4.26. The molecule has 4 heteroatoms. The summed E-state index contributed by atoms with van der Waals surface area (Å²) in [6, 6.07) is 11.6. The molecule has 0 spiro atoms. The van der Waals surface area contributed by atoms with Crippen molar-refractivity contribution in [3.05, 3.63) is 63.3 Å². The molecule has 0 unspecified atom stereocenters. The van der Waals surface area contributed by atoms with Crippen LogP contribution < -0.4 is 0 Å². The molecular weight excluding hydrogens is 305 g/mol. The number of hydrogen-bond donors (Lipinski definition) is 0. The molecular formula is C13H8BrClFN. The molecule has 0 radical (unpaired) electrons. The van der Waals surface area contributed by atoms with E-state index >= 15 is 0 Å². The Hall–Kier alpha value is -1.19. The first-order valence-electron chi connectivity index (χ1n) is 4.90. The lowest BCUT2D eigenvalue weighted by atomic mass is 10.2. The Bertz CT molecular complexity index is 552. The van der Waals surface area contributed by atoms with Crippen molar-refractivity contribution >= 4 is 39.4 Å². The second-order valence-corrected chi connectivity index (χ2v) is 4.67. The van der Waals surface area contributed by atoms with E-state index in [1.165, 1.54) is 12.1 Å². The fourth-order valence-electron chi connectivity index (χ4n) is 1.26. The topological polar surface area (TPSA) is 12.4 Å². The van der Waals surface area contributed by atoms with Crippen molar-refractivity contribution in [1.82, 2.24) is 0 Å². The minimum Gasteiger partial charge on any atom is -0.256 e. The van der Waals surface area contributed by atoms with Gasteiger partial charge in [-0.2, -0.15) is 0 Å². The molecule has 0 aliphatic rings. The molecule has 2 aromatic carbocycles. The fraction of sp³-hybridized carbons (Fsp3) is 0. The molecule has 0 heterocycles. The quantitative estimate of drug-likeness (QED) is 0.693. The van der Waals surface area contributed by atoms with Crippen LogP contribution in [0, 0.1) is 5.82 Å². The predicted molar refractivity (Wildman–Crippen MR) is 72.8 cm³/mol. The highest BCUT2D eigenvalue weighted by Gasteiger charge is 1.97. The Labute approximate surface area is 112 Å². The van der Waals surface area contributed by atoms with Crippen LogP contribution >= 0.6 is 27.5 Å². The summed E-state index contributed by atoms with van der Waals surface area (Å²) in [5.74, 6) is -0.256. The summed E-state index contributed by atoms with van der Waals surface area (Å²) in [5, 5.41) is 0.610. The van der Waals surface area contributed by atoms with Gasteiger partial charge in [0.05, 0.1) is 10.7 Å². The van der Waals surface area contributed by atoms with E-state index in [0.717, 1.165) is 15.7 Å². The molecule has 86 valence electrons. The summed E-state index contributed by atoms with van der Waals surface area (Å²) in [7, 11) is 0. The van der Waals surface area contributed by atoms with Gasteiger partial charge in [0.2, 0.25) is 0 Å². The number of aliphatic imine (C=N–C) groups is 1. The smallest absolute Gasteiger partial charge is 0.123 e. The standard InChI is InChI=1S/C13H8BrClFN/c14-12-6-5-11(7-13(12)15)17-8-9-1-3-10(16)4-2-9/h1-8H. The summed E-state index contributed by atoms with van der Waals surface area (Å²) in [6.07, 6.45) is 1.67. The third kappa shape index (κ3) is 3.38. The van der Waals surface area contributed by atoms with E-state index < -0.39 is 0 Å². The zero-order chi connectivity index (χ0) is 12.3. The SMILES string of the molecule is Fc1ccc(C=Nc2ccc(Br)c(Cl)c2)cc1. The van der Waals surface area contributed by atoms with Gasteiger partial charge in [-0.3, -0.25) is 4.99 Å². The zero-order valence-corrected chi connectivity index (χ0v) is 11.0. The third-order valence-corrected chi connectivity index (χ3v) is 3.37. The van der Waals surface area contributed by atoms with Crippen LogP contribution in [0.4, 0.5) is 10.1 Å². The molecule has 2 aromatic rings. The second kappa shape index (κ2) is 5.43. The van der Waals surface area contributed by atoms with Crippen molar-refractivity contribution in [2.24, 2.45) is 4.99 Å². The first-order valence-corrected chi connectivity index (χ1v) is 6.07. The van der Waals surface area contributed by atoms with Gasteiger partial charge in [0.15, 0.2) is 0 Å². The van der Waals surface area contributed by atoms with Crippen LogP contribution in [-0.2, 0) is 0 Å². The molecule has 0 saturated carbocycles. The maximum absolute atomic E-state index is 12.7. The van der Waals surface area contributed by atoms with E-state index in [1.807, 2.05) is 12.1 Å². The minimum atomic E-state index is -0.256. The Balaban J connectivity index is 2.20. The summed E-state index contributed by atoms with van der Waals surface area (Å²) in [6.45, 7) is 0. The molecule has 0 atom stereocenters. The summed E-state index contributed by atoms with van der Waals surface area (Å²) in [5.41, 5.74) is 1.59. The molecule has 1 nitrogen and oxygen atoms in total. The van der Waals surface area contributed by atoms with Crippen molar-refractivity contribution in [3.8, 4) is 0 Å². The van der Waals surface area contributed by atoms with E-state index in [-0.39, 0.29) is 5.82 Å². The van der Waals surface area contributed by atoms with Crippen LogP contribution in [0.1, 0.15) is 5.56 Å². The maximum Gasteiger partial charge on any atom is 0.123 e. The van der Waals surface area contributed by atoms with Crippen LogP contribution in [0.15, 0.2) is 51.9 Å². The second-order valence-electron chi connectivity index (χ2n) is 3.41. The van der Waals surface area contributed by atoms with Crippen LogP contribution in [0.25, 0.3) is 0 Å². The van der Waals surface area contributed by atoms with Crippen molar-refractivity contribution in [2.75, 3.05) is 0 Å². The largest absolute Gasteiger partial charge is 0.256 e. The molecule has 0 aromatic heterocycles. The normalized spacial score (nSPS) is 11.0. The van der Waals surface area contributed by atoms with Crippen LogP contribution in [-0.4, -0.2) is 6.21 Å². The monoisotopic (exact) mass is 311 g/mol. The molecule has 17 heavy (non-hydrogen) atoms. The molecule has 0 N–H and O–H groups in total. The third-order valence-electron chi connectivity index (χ3n) is 2.14. The highest BCUT2D eigenvalue weighted by atomic mass is 79.9. The Morgan fingerprint density at radius 1 is 1.12 bits per heavy atom. The van der Waals surface area contributed by atoms with Crippen molar-refractivity contribution in [1.29, 1.82) is 0 Å². The number of hydrogen-bond acceptors (Lipinski definition) is 1. The number of halogens is 3. The Morgan fingerprint density at radius 2 is 1.82 bits per heavy atom. The van der Waals surface area contributed by atoms with E-state index in [2.05, 4.69) is 20.9 Å². The van der Waals surface area contributed by atoms with Crippen LogP contribution in [0.5, 0.6) is 0 Å². The zero-order valence-electron chi connectivity index (χ0n) is 8.70. The average molecular weight is 313 g/mol. The van der Waals surface area contributed by atoms with Gasteiger partial charge in [0.25, 0.3) is 0 Å². The summed E-state index contributed by atoms with van der Waals surface area (Å²) >= 11 is 9.25. The molecule has 0 saturated heterocycles. The molecule has 0 aliphatic carbocycles. The highest BCUT2D eigenvalue weighted by molar-refractivity contribution is 9.10. The fourth-order valence-corrected chi connectivity index (χ4v) is 1.68. The minimum absolute atomic E-state index is 0.256. The Morgan fingerprint density at radius 3 is 2.47 bits per heavy atom. The van der Waals surface area contributed by atoms with Gasteiger partial charge in [0, 0.05) is 10.7 Å². The lowest BCUT2D eigenvalue weighted by Gasteiger charge is -1.97. The van der Waals surface area contributed by atoms with E-state index in [9.17, 15) is 4.39 Å². The molecule has 0 amide bonds. The van der Waals surface area contributed by atoms with Gasteiger partial charge in [-0.1, -0.05) is 23.7 Å².